The summed E-state index contributed by atoms with van der Waals surface area (Å²) in [5.74, 6) is 0. The quantitative estimate of drug-likeness (QED) is 0.159. The van der Waals surface area contributed by atoms with Crippen LogP contribution in [0.1, 0.15) is 92.0 Å². The van der Waals surface area contributed by atoms with Crippen LogP contribution in [0.3, 0.4) is 0 Å². The third-order valence-electron chi connectivity index (χ3n) is 17.7. The molecule has 2 fully saturated rings. The number of rotatable bonds is 5. The molecule has 346 valence electrons. The highest BCUT2D eigenvalue weighted by molar-refractivity contribution is 6.32. The fraction of sp³-hybridized carbons (Fsp3) is 0.171. The molecule has 0 radical (unpaired) electrons. The molecule has 2 heteroatoms. The highest BCUT2D eigenvalue weighted by Crippen LogP contribution is 2.61. The maximum atomic E-state index is 2.59. The molecule has 0 aromatic heterocycles. The van der Waals surface area contributed by atoms with Gasteiger partial charge in [-0.1, -0.05) is 190 Å². The van der Waals surface area contributed by atoms with Crippen LogP contribution in [0.25, 0.3) is 60.1 Å². The summed E-state index contributed by atoms with van der Waals surface area (Å²) in [6.07, 6.45) is 18.8. The Bertz CT molecular complexity index is 3780. The van der Waals surface area contributed by atoms with Gasteiger partial charge >= 0.3 is 0 Å². The van der Waals surface area contributed by atoms with E-state index >= 15 is 0 Å². The molecule has 2 spiro atoms. The summed E-state index contributed by atoms with van der Waals surface area (Å²) >= 11 is 0. The van der Waals surface area contributed by atoms with Crippen LogP contribution in [0.15, 0.2) is 218 Å². The Morgan fingerprint density at radius 1 is 0.361 bits per heavy atom. The lowest BCUT2D eigenvalue weighted by atomic mass is 9.69. The van der Waals surface area contributed by atoms with Crippen molar-refractivity contribution >= 4 is 72.0 Å². The van der Waals surface area contributed by atoms with Gasteiger partial charge in [0.05, 0.1) is 22.7 Å². The maximum Gasteiger partial charge on any atom is 0.0502 e. The molecule has 2 nitrogen and oxygen atoms in total. The fourth-order valence-electron chi connectivity index (χ4n) is 14.7. The molecule has 3 aliphatic carbocycles. The summed E-state index contributed by atoms with van der Waals surface area (Å²) in [6.45, 7) is 0. The van der Waals surface area contributed by atoms with Crippen LogP contribution in [0, 0.1) is 0 Å². The Morgan fingerprint density at radius 3 is 1.22 bits per heavy atom. The van der Waals surface area contributed by atoms with Crippen LogP contribution in [0.2, 0.25) is 0 Å². The zero-order chi connectivity index (χ0) is 47.4. The number of hydrogen-bond acceptors (Lipinski definition) is 2. The Morgan fingerprint density at radius 2 is 0.778 bits per heavy atom. The number of nitrogens with zero attached hydrogens (tertiary/aromatic N) is 2. The maximum absolute atomic E-state index is 2.59. The first kappa shape index (κ1) is 41.8. The molecule has 2 aliphatic heterocycles. The van der Waals surface area contributed by atoms with Crippen LogP contribution in [0.5, 0.6) is 0 Å². The molecule has 0 saturated heterocycles. The summed E-state index contributed by atoms with van der Waals surface area (Å²) in [5.41, 5.74) is 21.3. The van der Waals surface area contributed by atoms with Gasteiger partial charge in [-0.15, -0.1) is 0 Å². The van der Waals surface area contributed by atoms with E-state index in [0.29, 0.717) is 0 Å². The number of para-hydroxylation sites is 4. The van der Waals surface area contributed by atoms with Gasteiger partial charge in [-0.2, -0.15) is 0 Å². The second-order valence-corrected chi connectivity index (χ2v) is 21.3. The largest absolute Gasteiger partial charge is 0.310 e. The summed E-state index contributed by atoms with van der Waals surface area (Å²) in [6, 6.07) is 77.1. The lowest BCUT2D eigenvalue weighted by molar-refractivity contribution is 0.530. The predicted octanol–water partition coefficient (Wildman–Crippen LogP) is 19.5. The monoisotopic (exact) mass is 924 g/mol. The molecule has 10 aromatic carbocycles. The fourth-order valence-corrected chi connectivity index (χ4v) is 14.7. The van der Waals surface area contributed by atoms with E-state index in [2.05, 4.69) is 228 Å². The van der Waals surface area contributed by atoms with E-state index in [9.17, 15) is 0 Å². The lowest BCUT2D eigenvalue weighted by Crippen LogP contribution is -2.33. The van der Waals surface area contributed by atoms with Crippen molar-refractivity contribution < 1.29 is 0 Å². The van der Waals surface area contributed by atoms with Crippen LogP contribution < -0.4 is 9.80 Å². The van der Waals surface area contributed by atoms with E-state index in [1.54, 1.807) is 0 Å². The number of benzene rings is 10. The second-order valence-electron chi connectivity index (χ2n) is 21.3. The van der Waals surface area contributed by atoms with E-state index in [4.69, 9.17) is 0 Å². The molecule has 5 aliphatic rings. The first-order valence-electron chi connectivity index (χ1n) is 26.7. The Hall–Kier alpha value is -7.94. The molecular formula is C70H56N2. The molecule has 0 unspecified atom stereocenters. The van der Waals surface area contributed by atoms with Crippen molar-refractivity contribution in [3.63, 3.8) is 0 Å². The van der Waals surface area contributed by atoms with Crippen molar-refractivity contribution in [1.29, 1.82) is 0 Å². The van der Waals surface area contributed by atoms with Gasteiger partial charge in [0, 0.05) is 22.2 Å². The van der Waals surface area contributed by atoms with Gasteiger partial charge in [-0.3, -0.25) is 0 Å². The molecule has 15 rings (SSSR count). The molecular weight excluding hydrogens is 869 g/mol. The minimum atomic E-state index is 0.0369. The highest BCUT2D eigenvalue weighted by Gasteiger charge is 2.46. The van der Waals surface area contributed by atoms with Crippen LogP contribution in [0.4, 0.5) is 34.1 Å². The minimum Gasteiger partial charge on any atom is -0.310 e. The van der Waals surface area contributed by atoms with Crippen LogP contribution in [-0.4, -0.2) is 0 Å². The topological polar surface area (TPSA) is 6.48 Å². The summed E-state index contributed by atoms with van der Waals surface area (Å²) in [4.78, 5) is 5.18. The second kappa shape index (κ2) is 16.3. The summed E-state index contributed by atoms with van der Waals surface area (Å²) in [7, 11) is 0. The number of fused-ring (bicyclic) bond motifs is 14. The average Bonchev–Trinajstić information content (AvgIpc) is 4.16. The van der Waals surface area contributed by atoms with Gasteiger partial charge in [-0.05, 0) is 181 Å². The van der Waals surface area contributed by atoms with Crippen molar-refractivity contribution in [3.8, 4) is 22.3 Å². The van der Waals surface area contributed by atoms with Gasteiger partial charge in [0.2, 0.25) is 0 Å². The first-order valence-corrected chi connectivity index (χ1v) is 26.7. The average molecular weight is 925 g/mol. The van der Waals surface area contributed by atoms with Gasteiger partial charge in [0.25, 0.3) is 0 Å². The van der Waals surface area contributed by atoms with E-state index in [1.807, 2.05) is 0 Å². The minimum absolute atomic E-state index is 0.0369. The van der Waals surface area contributed by atoms with Crippen LogP contribution in [-0.2, 0) is 10.8 Å². The van der Waals surface area contributed by atoms with E-state index in [0.717, 1.165) is 12.8 Å². The lowest BCUT2D eigenvalue weighted by Gasteiger charge is -2.44. The van der Waals surface area contributed by atoms with Crippen LogP contribution >= 0.6 is 0 Å². The Balaban J connectivity index is 1.08. The summed E-state index contributed by atoms with van der Waals surface area (Å²) in [5, 5.41) is 7.76. The molecule has 2 heterocycles. The van der Waals surface area contributed by atoms with Crippen molar-refractivity contribution in [2.75, 3.05) is 9.80 Å². The zero-order valence-electron chi connectivity index (χ0n) is 40.8. The number of hydrogen-bond donors (Lipinski definition) is 0. The van der Waals surface area contributed by atoms with E-state index in [1.165, 1.54) is 173 Å². The molecule has 0 bridgehead atoms. The smallest absolute Gasteiger partial charge is 0.0502 e. The van der Waals surface area contributed by atoms with Crippen molar-refractivity contribution in [2.24, 2.45) is 0 Å². The molecule has 72 heavy (non-hydrogen) atoms. The Labute approximate surface area is 423 Å². The summed E-state index contributed by atoms with van der Waals surface area (Å²) < 4.78 is 0. The van der Waals surface area contributed by atoms with Gasteiger partial charge in [0.1, 0.15) is 0 Å². The molecule has 10 aromatic rings. The first-order chi connectivity index (χ1) is 35.7. The molecule has 0 atom stereocenters. The van der Waals surface area contributed by atoms with Gasteiger partial charge in [0.15, 0.2) is 0 Å². The van der Waals surface area contributed by atoms with Gasteiger partial charge < -0.3 is 9.80 Å². The van der Waals surface area contributed by atoms with Crippen molar-refractivity contribution in [2.45, 2.75) is 75.0 Å². The SMILES string of the molecule is C1=CCCC(c2c(-c3ccccc3)cc(-c3ccccc3)c3c4ccc(N5c6ccccc6C6(CCCC6)c6ccccc65)cc4c4cc(N5c6ccccc6C6(CCCC6)c6ccccc65)ccc4c23)=C1. The third-order valence-corrected chi connectivity index (χ3v) is 17.7. The van der Waals surface area contributed by atoms with E-state index in [-0.39, 0.29) is 10.8 Å². The Kier molecular flexibility index (Phi) is 9.47. The molecule has 0 amide bonds. The number of anilines is 6. The standard InChI is InChI=1S/C70H56N2/c1-4-22-47(23-5-1)54-46-55(48-24-6-2-7-25-48)67-52-38-36-50(71-62-32-14-10-28-58(62)69(40-18-19-41-69)59-29-11-15-33-63(59)71)44-56(52)57-45-51(37-39-53(57)68(67)66(54)49-26-8-3-9-27-49)72-64-34-16-12-30-60(64)70(42-20-21-43-70)61-31-13-17-35-65(61)72/h1-8,10-17,22-26,28-39,44-46H,9,18-21,27,40-43H2. The molecule has 0 N–H and O–H groups in total. The third kappa shape index (κ3) is 6.02. The van der Waals surface area contributed by atoms with Crippen molar-refractivity contribution in [3.05, 3.63) is 246 Å². The normalized spacial score (nSPS) is 17.1. The van der Waals surface area contributed by atoms with Gasteiger partial charge in [-0.25, -0.2) is 0 Å². The molecule has 2 saturated carbocycles. The number of allylic oxidation sites excluding steroid dienone is 4. The predicted molar refractivity (Wildman–Crippen MR) is 304 cm³/mol. The van der Waals surface area contributed by atoms with E-state index < -0.39 is 0 Å². The zero-order valence-corrected chi connectivity index (χ0v) is 40.8. The highest BCUT2D eigenvalue weighted by atomic mass is 15.2. The van der Waals surface area contributed by atoms with Crippen molar-refractivity contribution in [1.82, 2.24) is 0 Å².